The number of carbonyl (C=O) groups excluding carboxylic acids is 1. The highest BCUT2D eigenvalue weighted by molar-refractivity contribution is 9.10. The van der Waals surface area contributed by atoms with Gasteiger partial charge in [0.15, 0.2) is 0 Å². The molecule has 0 bridgehead atoms. The Morgan fingerprint density at radius 1 is 1.67 bits per heavy atom. The van der Waals surface area contributed by atoms with Gasteiger partial charge in [-0.15, -0.1) is 0 Å². The molecular weight excluding hydrogens is 260 g/mol. The fraction of sp³-hybridized carbons (Fsp3) is 0.400. The highest BCUT2D eigenvalue weighted by atomic mass is 79.9. The van der Waals surface area contributed by atoms with Crippen molar-refractivity contribution in [3.05, 3.63) is 28.5 Å². The van der Waals surface area contributed by atoms with E-state index >= 15 is 0 Å². The molecule has 1 heterocycles. The number of hydrogen-bond donors (Lipinski definition) is 1. The summed E-state index contributed by atoms with van der Waals surface area (Å²) in [5, 5.41) is 8.81. The van der Waals surface area contributed by atoms with Crippen LogP contribution >= 0.6 is 15.9 Å². The molecule has 0 unspecified atom stereocenters. The van der Waals surface area contributed by atoms with E-state index in [2.05, 4.69) is 20.9 Å². The van der Waals surface area contributed by atoms with Gasteiger partial charge in [0.2, 0.25) is 0 Å². The maximum Gasteiger partial charge on any atom is 0.256 e. The van der Waals surface area contributed by atoms with Crippen LogP contribution in [-0.2, 0) is 0 Å². The number of carbonyl (C=O) groups is 1. The average molecular weight is 273 g/mol. The summed E-state index contributed by atoms with van der Waals surface area (Å²) in [6, 6.07) is 3.42. The molecule has 0 spiro atoms. The number of likely N-dealkylation sites (N-methyl/N-ethyl adjacent to an activating group) is 1. The third-order valence-electron chi connectivity index (χ3n) is 2.03. The van der Waals surface area contributed by atoms with Crippen molar-refractivity contribution in [3.63, 3.8) is 0 Å². The second kappa shape index (κ2) is 5.82. The van der Waals surface area contributed by atoms with Crippen molar-refractivity contribution in [2.24, 2.45) is 0 Å². The van der Waals surface area contributed by atoms with Gasteiger partial charge < -0.3 is 10.0 Å². The van der Waals surface area contributed by atoms with Gasteiger partial charge in [0.1, 0.15) is 4.60 Å². The molecule has 0 aromatic carbocycles. The van der Waals surface area contributed by atoms with Crippen LogP contribution < -0.4 is 0 Å². The number of aromatic nitrogens is 1. The highest BCUT2D eigenvalue weighted by Crippen LogP contribution is 2.14. The fourth-order valence-electron chi connectivity index (χ4n) is 1.24. The Morgan fingerprint density at radius 2 is 2.40 bits per heavy atom. The molecular formula is C10H13BrN2O2. The van der Waals surface area contributed by atoms with Gasteiger partial charge in [0.25, 0.3) is 5.91 Å². The molecule has 1 aromatic rings. The number of hydrogen-bond acceptors (Lipinski definition) is 3. The topological polar surface area (TPSA) is 53.4 Å². The van der Waals surface area contributed by atoms with Crippen molar-refractivity contribution < 1.29 is 9.90 Å². The number of aliphatic hydroxyl groups is 1. The van der Waals surface area contributed by atoms with Crippen molar-refractivity contribution in [1.29, 1.82) is 0 Å². The van der Waals surface area contributed by atoms with Crippen LogP contribution in [0.2, 0.25) is 0 Å². The molecule has 0 atom stereocenters. The van der Waals surface area contributed by atoms with Crippen LogP contribution in [-0.4, -0.2) is 40.6 Å². The zero-order chi connectivity index (χ0) is 11.3. The summed E-state index contributed by atoms with van der Waals surface area (Å²) in [4.78, 5) is 17.5. The second-order valence-electron chi connectivity index (χ2n) is 2.95. The summed E-state index contributed by atoms with van der Waals surface area (Å²) in [6.07, 6.45) is 1.61. The number of pyridine rings is 1. The lowest BCUT2D eigenvalue weighted by Gasteiger charge is -2.19. The van der Waals surface area contributed by atoms with E-state index in [-0.39, 0.29) is 12.5 Å². The van der Waals surface area contributed by atoms with E-state index in [0.717, 1.165) is 0 Å². The number of halogens is 1. The maximum absolute atomic E-state index is 11.9. The maximum atomic E-state index is 11.9. The van der Waals surface area contributed by atoms with Gasteiger partial charge in [-0.2, -0.15) is 0 Å². The standard InChI is InChI=1S/C10H13BrN2O2/c1-2-13(6-7-14)10(15)8-4-3-5-12-9(8)11/h3-5,14H,2,6-7H2,1H3. The summed E-state index contributed by atoms with van der Waals surface area (Å²) in [6.45, 7) is 2.76. The molecule has 0 aliphatic carbocycles. The van der Waals surface area contributed by atoms with Gasteiger partial charge in [0, 0.05) is 19.3 Å². The molecule has 1 rings (SSSR count). The lowest BCUT2D eigenvalue weighted by molar-refractivity contribution is 0.0730. The predicted octanol–water partition coefficient (Wildman–Crippen LogP) is 1.30. The summed E-state index contributed by atoms with van der Waals surface area (Å²) in [7, 11) is 0. The van der Waals surface area contributed by atoms with Gasteiger partial charge in [-0.1, -0.05) is 0 Å². The predicted molar refractivity (Wildman–Crippen MR) is 60.6 cm³/mol. The van der Waals surface area contributed by atoms with Crippen molar-refractivity contribution in [2.45, 2.75) is 6.92 Å². The van der Waals surface area contributed by atoms with Crippen molar-refractivity contribution in [2.75, 3.05) is 19.7 Å². The minimum atomic E-state index is -0.119. The molecule has 0 fully saturated rings. The number of rotatable bonds is 4. The fourth-order valence-corrected chi connectivity index (χ4v) is 1.66. The molecule has 5 heteroatoms. The van der Waals surface area contributed by atoms with Gasteiger partial charge in [-0.3, -0.25) is 4.79 Å². The summed E-state index contributed by atoms with van der Waals surface area (Å²) < 4.78 is 0.534. The zero-order valence-corrected chi connectivity index (χ0v) is 10.1. The molecule has 4 nitrogen and oxygen atoms in total. The van der Waals surface area contributed by atoms with Crippen LogP contribution in [0.1, 0.15) is 17.3 Å². The Bertz CT molecular complexity index is 344. The highest BCUT2D eigenvalue weighted by Gasteiger charge is 2.16. The first-order valence-electron chi connectivity index (χ1n) is 4.71. The van der Waals surface area contributed by atoms with E-state index in [1.165, 1.54) is 0 Å². The minimum absolute atomic E-state index is 0.0303. The number of aliphatic hydroxyl groups excluding tert-OH is 1. The van der Waals surface area contributed by atoms with E-state index in [9.17, 15) is 4.79 Å². The lowest BCUT2D eigenvalue weighted by Crippen LogP contribution is -2.33. The first kappa shape index (κ1) is 12.1. The SMILES string of the molecule is CCN(CCO)C(=O)c1cccnc1Br. The van der Waals surface area contributed by atoms with Crippen LogP contribution in [0.3, 0.4) is 0 Å². The minimum Gasteiger partial charge on any atom is -0.395 e. The molecule has 0 aliphatic rings. The second-order valence-corrected chi connectivity index (χ2v) is 3.70. The van der Waals surface area contributed by atoms with Crippen LogP contribution in [0.4, 0.5) is 0 Å². The first-order valence-corrected chi connectivity index (χ1v) is 5.50. The van der Waals surface area contributed by atoms with Gasteiger partial charge in [0.05, 0.1) is 12.2 Å². The van der Waals surface area contributed by atoms with Crippen molar-refractivity contribution in [3.8, 4) is 0 Å². The van der Waals surface area contributed by atoms with Crippen LogP contribution in [0.25, 0.3) is 0 Å². The van der Waals surface area contributed by atoms with E-state index in [1.54, 1.807) is 23.2 Å². The first-order chi connectivity index (χ1) is 7.20. The molecule has 15 heavy (non-hydrogen) atoms. The molecule has 1 amide bonds. The Morgan fingerprint density at radius 3 is 2.93 bits per heavy atom. The van der Waals surface area contributed by atoms with Crippen LogP contribution in [0, 0.1) is 0 Å². The van der Waals surface area contributed by atoms with Crippen LogP contribution in [0.5, 0.6) is 0 Å². The molecule has 1 N–H and O–H groups in total. The summed E-state index contributed by atoms with van der Waals surface area (Å²) >= 11 is 3.22. The van der Waals surface area contributed by atoms with Gasteiger partial charge in [-0.05, 0) is 35.0 Å². The Kier molecular flexibility index (Phi) is 4.71. The van der Waals surface area contributed by atoms with E-state index in [4.69, 9.17) is 5.11 Å². The van der Waals surface area contributed by atoms with E-state index in [1.807, 2.05) is 6.92 Å². The monoisotopic (exact) mass is 272 g/mol. The van der Waals surface area contributed by atoms with E-state index < -0.39 is 0 Å². The average Bonchev–Trinajstić information content (AvgIpc) is 2.25. The van der Waals surface area contributed by atoms with Crippen LogP contribution in [0.15, 0.2) is 22.9 Å². The van der Waals surface area contributed by atoms with Gasteiger partial charge in [-0.25, -0.2) is 4.98 Å². The normalized spacial score (nSPS) is 10.1. The molecule has 0 aliphatic heterocycles. The smallest absolute Gasteiger partial charge is 0.256 e. The van der Waals surface area contributed by atoms with Crippen molar-refractivity contribution in [1.82, 2.24) is 9.88 Å². The third-order valence-corrected chi connectivity index (χ3v) is 2.66. The Balaban J connectivity index is 2.88. The number of amides is 1. The van der Waals surface area contributed by atoms with Crippen molar-refractivity contribution >= 4 is 21.8 Å². The largest absolute Gasteiger partial charge is 0.395 e. The molecule has 82 valence electrons. The molecule has 1 aromatic heterocycles. The third kappa shape index (κ3) is 3.00. The summed E-state index contributed by atoms with van der Waals surface area (Å²) in [5.41, 5.74) is 0.521. The Labute approximate surface area is 97.1 Å². The lowest BCUT2D eigenvalue weighted by atomic mass is 10.2. The van der Waals surface area contributed by atoms with E-state index in [0.29, 0.717) is 23.3 Å². The molecule has 0 saturated heterocycles. The molecule has 0 radical (unpaired) electrons. The summed E-state index contributed by atoms with van der Waals surface area (Å²) in [5.74, 6) is -0.119. The Hall–Kier alpha value is -0.940. The van der Waals surface area contributed by atoms with Gasteiger partial charge >= 0.3 is 0 Å². The quantitative estimate of drug-likeness (QED) is 0.841. The molecule has 0 saturated carbocycles. The number of nitrogens with zero attached hydrogens (tertiary/aromatic N) is 2. The zero-order valence-electron chi connectivity index (χ0n) is 8.48.